The van der Waals surface area contributed by atoms with Crippen LogP contribution in [0.25, 0.3) is 5.69 Å². The fourth-order valence-corrected chi connectivity index (χ4v) is 3.54. The average molecular weight is 419 g/mol. The molecular formula is C19H19ClN4O3S. The van der Waals surface area contributed by atoms with Crippen molar-refractivity contribution in [3.8, 4) is 5.69 Å². The van der Waals surface area contributed by atoms with Crippen molar-refractivity contribution in [1.82, 2.24) is 14.8 Å². The van der Waals surface area contributed by atoms with Crippen LogP contribution in [0, 0.1) is 13.8 Å². The number of hydrogen-bond acceptors (Lipinski definition) is 6. The summed E-state index contributed by atoms with van der Waals surface area (Å²) in [5.74, 6) is -0.734. The smallest absolute Gasteiger partial charge is 0.357 e. The van der Waals surface area contributed by atoms with Gasteiger partial charge in [-0.25, -0.2) is 14.5 Å². The number of aryl methyl sites for hydroxylation is 1. The van der Waals surface area contributed by atoms with Crippen molar-refractivity contribution in [3.63, 3.8) is 0 Å². The summed E-state index contributed by atoms with van der Waals surface area (Å²) < 4.78 is 6.69. The molecule has 3 rings (SSSR count). The van der Waals surface area contributed by atoms with E-state index in [9.17, 15) is 9.59 Å². The van der Waals surface area contributed by atoms with Crippen molar-refractivity contribution in [2.24, 2.45) is 0 Å². The number of ether oxygens (including phenoxy) is 1. The zero-order valence-electron chi connectivity index (χ0n) is 15.7. The molecule has 146 valence electrons. The molecule has 7 nitrogen and oxygen atoms in total. The van der Waals surface area contributed by atoms with E-state index in [1.165, 1.54) is 11.3 Å². The molecule has 0 aliphatic carbocycles. The quantitative estimate of drug-likeness (QED) is 0.612. The highest BCUT2D eigenvalue weighted by atomic mass is 35.5. The molecule has 0 spiro atoms. The first kappa shape index (κ1) is 20.0. The Kier molecular flexibility index (Phi) is 6.11. The molecule has 0 radical (unpaired) electrons. The van der Waals surface area contributed by atoms with Gasteiger partial charge in [0.2, 0.25) is 5.91 Å². The van der Waals surface area contributed by atoms with E-state index >= 15 is 0 Å². The Labute approximate surface area is 171 Å². The van der Waals surface area contributed by atoms with Gasteiger partial charge >= 0.3 is 5.97 Å². The van der Waals surface area contributed by atoms with E-state index in [2.05, 4.69) is 15.4 Å². The molecule has 0 unspecified atom stereocenters. The van der Waals surface area contributed by atoms with Gasteiger partial charge in [-0.15, -0.1) is 11.3 Å². The van der Waals surface area contributed by atoms with E-state index in [4.69, 9.17) is 16.3 Å². The zero-order chi connectivity index (χ0) is 20.3. The maximum absolute atomic E-state index is 12.5. The van der Waals surface area contributed by atoms with E-state index in [1.54, 1.807) is 29.1 Å². The van der Waals surface area contributed by atoms with Gasteiger partial charge in [0.05, 0.1) is 24.4 Å². The SMILES string of the molecule is CCOC(=O)c1csc(NC(=O)Cc2c(C)nn(-c3ccc(Cl)cc3)c2C)n1. The second kappa shape index (κ2) is 8.53. The third-order valence-electron chi connectivity index (χ3n) is 4.08. The highest BCUT2D eigenvalue weighted by molar-refractivity contribution is 7.14. The molecule has 1 N–H and O–H groups in total. The predicted molar refractivity (Wildman–Crippen MR) is 108 cm³/mol. The number of aromatic nitrogens is 3. The van der Waals surface area contributed by atoms with Gasteiger partial charge in [0.25, 0.3) is 0 Å². The Bertz CT molecular complexity index is 1010. The second-order valence-electron chi connectivity index (χ2n) is 6.02. The number of esters is 1. The van der Waals surface area contributed by atoms with Crippen LogP contribution in [0.5, 0.6) is 0 Å². The number of rotatable bonds is 6. The van der Waals surface area contributed by atoms with Crippen molar-refractivity contribution >= 4 is 39.9 Å². The molecule has 9 heteroatoms. The number of halogens is 1. The molecular weight excluding hydrogens is 400 g/mol. The van der Waals surface area contributed by atoms with E-state index in [0.717, 1.165) is 22.6 Å². The number of hydrogen-bond donors (Lipinski definition) is 1. The molecule has 1 aromatic carbocycles. The molecule has 0 aliphatic rings. The van der Waals surface area contributed by atoms with Gasteiger partial charge in [-0.2, -0.15) is 5.10 Å². The molecule has 0 atom stereocenters. The Balaban J connectivity index is 1.72. The average Bonchev–Trinajstić information content (AvgIpc) is 3.23. The lowest BCUT2D eigenvalue weighted by molar-refractivity contribution is -0.115. The molecule has 28 heavy (non-hydrogen) atoms. The standard InChI is InChI=1S/C19H19ClN4O3S/c1-4-27-18(26)16-10-28-19(21-16)22-17(25)9-15-11(2)23-24(12(15)3)14-7-5-13(20)6-8-14/h5-8,10H,4,9H2,1-3H3,(H,21,22,25). The maximum atomic E-state index is 12.5. The first-order valence-corrected chi connectivity index (χ1v) is 9.88. The minimum atomic E-state index is -0.504. The third-order valence-corrected chi connectivity index (χ3v) is 5.09. The maximum Gasteiger partial charge on any atom is 0.357 e. The van der Waals surface area contributed by atoms with E-state index < -0.39 is 5.97 Å². The van der Waals surface area contributed by atoms with Crippen LogP contribution in [-0.2, 0) is 16.0 Å². The monoisotopic (exact) mass is 418 g/mol. The topological polar surface area (TPSA) is 86.1 Å². The van der Waals surface area contributed by atoms with Crippen LogP contribution < -0.4 is 5.32 Å². The minimum absolute atomic E-state index is 0.152. The van der Waals surface area contributed by atoms with Crippen molar-refractivity contribution < 1.29 is 14.3 Å². The zero-order valence-corrected chi connectivity index (χ0v) is 17.2. The lowest BCUT2D eigenvalue weighted by Crippen LogP contribution is -2.15. The lowest BCUT2D eigenvalue weighted by Gasteiger charge is -2.06. The highest BCUT2D eigenvalue weighted by Crippen LogP contribution is 2.21. The normalized spacial score (nSPS) is 10.7. The lowest BCUT2D eigenvalue weighted by atomic mass is 10.1. The minimum Gasteiger partial charge on any atom is -0.461 e. The van der Waals surface area contributed by atoms with E-state index in [0.29, 0.717) is 10.2 Å². The molecule has 0 bridgehead atoms. The summed E-state index contributed by atoms with van der Waals surface area (Å²) in [6.45, 7) is 5.78. The molecule has 2 aromatic heterocycles. The molecule has 1 amide bonds. The Morgan fingerprint density at radius 1 is 1.25 bits per heavy atom. The summed E-state index contributed by atoms with van der Waals surface area (Å²) in [4.78, 5) is 28.2. The van der Waals surface area contributed by atoms with Gasteiger partial charge in [-0.1, -0.05) is 11.6 Å². The van der Waals surface area contributed by atoms with Crippen LogP contribution in [0.3, 0.4) is 0 Å². The molecule has 3 aromatic rings. The van der Waals surface area contributed by atoms with Crippen LogP contribution in [0.2, 0.25) is 5.02 Å². The summed E-state index contributed by atoms with van der Waals surface area (Å²) in [5.41, 5.74) is 3.55. The summed E-state index contributed by atoms with van der Waals surface area (Å²) in [6.07, 6.45) is 0.152. The van der Waals surface area contributed by atoms with Gasteiger partial charge in [-0.3, -0.25) is 4.79 Å². The summed E-state index contributed by atoms with van der Waals surface area (Å²) >= 11 is 7.12. The van der Waals surface area contributed by atoms with Crippen molar-refractivity contribution in [2.45, 2.75) is 27.2 Å². The number of nitrogens with one attached hydrogen (secondary N) is 1. The van der Waals surface area contributed by atoms with Gasteiger partial charge < -0.3 is 10.1 Å². The summed E-state index contributed by atoms with van der Waals surface area (Å²) in [6, 6.07) is 7.34. The fourth-order valence-electron chi connectivity index (χ4n) is 2.72. The molecule has 2 heterocycles. The van der Waals surface area contributed by atoms with Gasteiger partial charge in [0.15, 0.2) is 10.8 Å². The van der Waals surface area contributed by atoms with Crippen LogP contribution >= 0.6 is 22.9 Å². The second-order valence-corrected chi connectivity index (χ2v) is 7.32. The fraction of sp³-hybridized carbons (Fsp3) is 0.263. The number of carbonyl (C=O) groups is 2. The van der Waals surface area contributed by atoms with Gasteiger partial charge in [0, 0.05) is 21.7 Å². The largest absolute Gasteiger partial charge is 0.461 e. The number of thiazole rings is 1. The number of carbonyl (C=O) groups excluding carboxylic acids is 2. The van der Waals surface area contributed by atoms with Crippen molar-refractivity contribution in [1.29, 1.82) is 0 Å². The van der Waals surface area contributed by atoms with Crippen molar-refractivity contribution in [3.05, 3.63) is 57.3 Å². The molecule has 0 saturated carbocycles. The van der Waals surface area contributed by atoms with Crippen LogP contribution in [0.15, 0.2) is 29.6 Å². The van der Waals surface area contributed by atoms with E-state index in [-0.39, 0.29) is 24.6 Å². The van der Waals surface area contributed by atoms with Crippen molar-refractivity contribution in [2.75, 3.05) is 11.9 Å². The number of nitrogens with zero attached hydrogens (tertiary/aromatic N) is 3. The Morgan fingerprint density at radius 2 is 1.96 bits per heavy atom. The first-order valence-electron chi connectivity index (χ1n) is 8.62. The number of amides is 1. The van der Waals surface area contributed by atoms with Gasteiger partial charge in [-0.05, 0) is 45.0 Å². The molecule has 0 fully saturated rings. The number of anilines is 1. The Hall–Kier alpha value is -2.71. The van der Waals surface area contributed by atoms with Crippen LogP contribution in [-0.4, -0.2) is 33.2 Å². The van der Waals surface area contributed by atoms with Crippen LogP contribution in [0.1, 0.15) is 34.4 Å². The molecule has 0 saturated heterocycles. The van der Waals surface area contributed by atoms with Gasteiger partial charge in [0.1, 0.15) is 0 Å². The predicted octanol–water partition coefficient (Wildman–Crippen LogP) is 3.96. The van der Waals surface area contributed by atoms with E-state index in [1.807, 2.05) is 26.0 Å². The van der Waals surface area contributed by atoms with Crippen LogP contribution in [0.4, 0.5) is 5.13 Å². The summed E-state index contributed by atoms with van der Waals surface area (Å²) in [7, 11) is 0. The Morgan fingerprint density at radius 3 is 2.64 bits per heavy atom. The summed E-state index contributed by atoms with van der Waals surface area (Å²) in [5, 5.41) is 9.82. The first-order chi connectivity index (χ1) is 13.4. The third kappa shape index (κ3) is 4.40. The highest BCUT2D eigenvalue weighted by Gasteiger charge is 2.18. The number of benzene rings is 1. The molecule has 0 aliphatic heterocycles.